The Morgan fingerprint density at radius 2 is 1.97 bits per heavy atom. The quantitative estimate of drug-likeness (QED) is 0.513. The predicted molar refractivity (Wildman–Crippen MR) is 126 cm³/mol. The van der Waals surface area contributed by atoms with Crippen molar-refractivity contribution < 1.29 is 18.7 Å². The second-order valence-electron chi connectivity index (χ2n) is 9.27. The second kappa shape index (κ2) is 9.02. The monoisotopic (exact) mass is 447 g/mol. The molecule has 33 heavy (non-hydrogen) atoms. The lowest BCUT2D eigenvalue weighted by molar-refractivity contribution is 0.0486. The molecule has 2 aliphatic rings. The third-order valence-corrected chi connectivity index (χ3v) is 6.44. The maximum atomic E-state index is 13.6. The largest absolute Gasteiger partial charge is 0.494 e. The Morgan fingerprint density at radius 1 is 1.12 bits per heavy atom. The van der Waals surface area contributed by atoms with E-state index in [1.54, 1.807) is 23.1 Å². The van der Waals surface area contributed by atoms with Crippen molar-refractivity contribution in [2.45, 2.75) is 45.3 Å². The smallest absolute Gasteiger partial charge is 0.291 e. The topological polar surface area (TPSA) is 69.0 Å². The highest BCUT2D eigenvalue weighted by molar-refractivity contribution is 5.99. The van der Waals surface area contributed by atoms with Crippen LogP contribution in [-0.2, 0) is 4.74 Å². The van der Waals surface area contributed by atoms with Gasteiger partial charge in [0.25, 0.3) is 5.91 Å². The fourth-order valence-corrected chi connectivity index (χ4v) is 4.70. The van der Waals surface area contributed by atoms with Crippen molar-refractivity contribution in [1.82, 2.24) is 4.90 Å². The Bertz CT molecular complexity index is 1220. The first-order valence-corrected chi connectivity index (χ1v) is 11.7. The minimum atomic E-state index is -0.536. The first-order chi connectivity index (χ1) is 16.0. The van der Waals surface area contributed by atoms with Gasteiger partial charge in [0.2, 0.25) is 5.76 Å². The van der Waals surface area contributed by atoms with E-state index in [0.29, 0.717) is 42.2 Å². The Labute approximate surface area is 193 Å². The molecule has 1 saturated heterocycles. The van der Waals surface area contributed by atoms with Crippen molar-refractivity contribution in [3.8, 4) is 5.75 Å². The van der Waals surface area contributed by atoms with Crippen LogP contribution in [0, 0.1) is 5.92 Å². The molecule has 0 saturated carbocycles. The molecule has 3 aromatic rings. The van der Waals surface area contributed by atoms with Gasteiger partial charge in [-0.25, -0.2) is 0 Å². The fraction of sp³-hybridized carbons (Fsp3) is 0.407. The molecule has 0 N–H and O–H groups in total. The Kier molecular flexibility index (Phi) is 5.94. The van der Waals surface area contributed by atoms with Crippen molar-refractivity contribution in [1.29, 1.82) is 0 Å². The summed E-state index contributed by atoms with van der Waals surface area (Å²) in [7, 11) is 0. The summed E-state index contributed by atoms with van der Waals surface area (Å²) in [6.07, 6.45) is 2.79. The number of carbonyl (C=O) groups excluding carboxylic acids is 1. The zero-order valence-electron chi connectivity index (χ0n) is 19.1. The summed E-state index contributed by atoms with van der Waals surface area (Å²) in [6, 6.07) is 14.3. The minimum Gasteiger partial charge on any atom is -0.494 e. The van der Waals surface area contributed by atoms with Gasteiger partial charge in [-0.05, 0) is 55.0 Å². The van der Waals surface area contributed by atoms with Crippen LogP contribution in [0.4, 0.5) is 0 Å². The Hall–Kier alpha value is -3.12. The van der Waals surface area contributed by atoms with Crippen LogP contribution in [0.15, 0.2) is 57.7 Å². The number of benzene rings is 2. The van der Waals surface area contributed by atoms with Crippen LogP contribution in [0.5, 0.6) is 5.75 Å². The number of rotatable bonds is 7. The van der Waals surface area contributed by atoms with Crippen molar-refractivity contribution in [2.75, 3.05) is 19.8 Å². The number of ether oxygens (including phenoxy) is 2. The van der Waals surface area contributed by atoms with E-state index in [2.05, 4.69) is 13.8 Å². The van der Waals surface area contributed by atoms with Gasteiger partial charge in [0, 0.05) is 13.2 Å². The van der Waals surface area contributed by atoms with Crippen molar-refractivity contribution in [3.05, 3.63) is 75.6 Å². The van der Waals surface area contributed by atoms with Crippen LogP contribution >= 0.6 is 0 Å². The Morgan fingerprint density at radius 3 is 2.76 bits per heavy atom. The number of fused-ring (bicyclic) bond motifs is 2. The number of amides is 1. The Balaban J connectivity index is 1.58. The fourth-order valence-electron chi connectivity index (χ4n) is 4.70. The van der Waals surface area contributed by atoms with Gasteiger partial charge in [-0.15, -0.1) is 0 Å². The normalized spacial score (nSPS) is 20.1. The zero-order chi connectivity index (χ0) is 22.9. The van der Waals surface area contributed by atoms with E-state index < -0.39 is 6.04 Å². The van der Waals surface area contributed by atoms with E-state index in [1.807, 2.05) is 30.3 Å². The maximum absolute atomic E-state index is 13.6. The molecule has 0 radical (unpaired) electrons. The van der Waals surface area contributed by atoms with Crippen LogP contribution in [0.25, 0.3) is 11.0 Å². The molecule has 6 nitrogen and oxygen atoms in total. The molecular formula is C27H29NO5. The molecule has 2 aromatic carbocycles. The predicted octanol–water partition coefficient (Wildman–Crippen LogP) is 4.94. The maximum Gasteiger partial charge on any atom is 0.291 e. The van der Waals surface area contributed by atoms with Gasteiger partial charge in [0.05, 0.1) is 29.7 Å². The summed E-state index contributed by atoms with van der Waals surface area (Å²) < 4.78 is 17.8. The van der Waals surface area contributed by atoms with Crippen LogP contribution in [0.2, 0.25) is 0 Å². The van der Waals surface area contributed by atoms with Gasteiger partial charge in [-0.2, -0.15) is 0 Å². The molecule has 1 aromatic heterocycles. The van der Waals surface area contributed by atoms with Gasteiger partial charge < -0.3 is 18.8 Å². The lowest BCUT2D eigenvalue weighted by Crippen LogP contribution is -2.36. The number of carbonyl (C=O) groups is 1. The van der Waals surface area contributed by atoms with E-state index in [4.69, 9.17) is 13.9 Å². The highest BCUT2D eigenvalue weighted by Crippen LogP contribution is 2.39. The number of para-hydroxylation sites is 1. The van der Waals surface area contributed by atoms with E-state index in [1.165, 1.54) is 0 Å². The summed E-state index contributed by atoms with van der Waals surface area (Å²) in [6.45, 7) is 6.06. The van der Waals surface area contributed by atoms with E-state index >= 15 is 0 Å². The average molecular weight is 448 g/mol. The number of nitrogens with zero attached hydrogens (tertiary/aromatic N) is 1. The zero-order valence-corrected chi connectivity index (χ0v) is 19.1. The number of hydrogen-bond acceptors (Lipinski definition) is 5. The highest BCUT2D eigenvalue weighted by atomic mass is 16.5. The van der Waals surface area contributed by atoms with Gasteiger partial charge in [0.1, 0.15) is 11.3 Å². The molecule has 2 aliphatic heterocycles. The van der Waals surface area contributed by atoms with Gasteiger partial charge in [-0.1, -0.05) is 38.1 Å². The summed E-state index contributed by atoms with van der Waals surface area (Å²) in [5.41, 5.74) is 1.50. The molecule has 0 aliphatic carbocycles. The molecule has 5 rings (SSSR count). The molecule has 2 atom stereocenters. The SMILES string of the molecule is CC(C)CCOc1cccc([C@H]2c3c(oc4ccccc4c3=O)C(=O)N2C[C@H]2CCCO2)c1. The van der Waals surface area contributed by atoms with Crippen molar-refractivity contribution in [3.63, 3.8) is 0 Å². The molecular weight excluding hydrogens is 418 g/mol. The van der Waals surface area contributed by atoms with Crippen LogP contribution in [0.3, 0.4) is 0 Å². The first kappa shape index (κ1) is 21.7. The van der Waals surface area contributed by atoms with Crippen LogP contribution < -0.4 is 10.2 Å². The van der Waals surface area contributed by atoms with Gasteiger partial charge >= 0.3 is 0 Å². The molecule has 1 fully saturated rings. The molecule has 0 bridgehead atoms. The summed E-state index contributed by atoms with van der Waals surface area (Å²) >= 11 is 0. The molecule has 0 spiro atoms. The van der Waals surface area contributed by atoms with Gasteiger partial charge in [0.15, 0.2) is 5.43 Å². The first-order valence-electron chi connectivity index (χ1n) is 11.7. The third-order valence-electron chi connectivity index (χ3n) is 6.44. The average Bonchev–Trinajstić information content (AvgIpc) is 3.41. The molecule has 0 unspecified atom stereocenters. The lowest BCUT2D eigenvalue weighted by atomic mass is 9.98. The summed E-state index contributed by atoms with van der Waals surface area (Å²) in [4.78, 5) is 28.8. The molecule has 1 amide bonds. The van der Waals surface area contributed by atoms with E-state index in [9.17, 15) is 9.59 Å². The van der Waals surface area contributed by atoms with Crippen LogP contribution in [0.1, 0.15) is 60.8 Å². The number of hydrogen-bond donors (Lipinski definition) is 0. The minimum absolute atomic E-state index is 0.0410. The molecule has 172 valence electrons. The van der Waals surface area contributed by atoms with E-state index in [0.717, 1.165) is 30.6 Å². The van der Waals surface area contributed by atoms with Crippen LogP contribution in [-0.4, -0.2) is 36.7 Å². The molecule has 3 heterocycles. The lowest BCUT2D eigenvalue weighted by Gasteiger charge is -2.27. The molecule has 6 heteroatoms. The summed E-state index contributed by atoms with van der Waals surface area (Å²) in [5, 5.41) is 0.484. The second-order valence-corrected chi connectivity index (χ2v) is 9.27. The van der Waals surface area contributed by atoms with Crippen molar-refractivity contribution in [2.24, 2.45) is 5.92 Å². The highest BCUT2D eigenvalue weighted by Gasteiger charge is 2.44. The van der Waals surface area contributed by atoms with Crippen molar-refractivity contribution >= 4 is 16.9 Å². The summed E-state index contributed by atoms with van der Waals surface area (Å²) in [5.74, 6) is 1.15. The van der Waals surface area contributed by atoms with E-state index in [-0.39, 0.29) is 23.2 Å². The standard InChI is InChI=1S/C27H29NO5/c1-17(2)12-14-32-19-8-5-7-18(15-19)24-23-25(29)21-10-3-4-11-22(21)33-26(23)27(30)28(24)16-20-9-6-13-31-20/h3-5,7-8,10-11,15,17,20,24H,6,9,12-14,16H2,1-2H3/t20-,24+/m1/s1. The van der Waals surface area contributed by atoms with Gasteiger partial charge in [-0.3, -0.25) is 9.59 Å². The third kappa shape index (κ3) is 4.15.